The van der Waals surface area contributed by atoms with Crippen molar-refractivity contribution in [3.63, 3.8) is 0 Å². The van der Waals surface area contributed by atoms with Crippen LogP contribution in [0.3, 0.4) is 0 Å². The molecule has 1 aliphatic carbocycles. The summed E-state index contributed by atoms with van der Waals surface area (Å²) in [6, 6.07) is 5.47. The highest BCUT2D eigenvalue weighted by Crippen LogP contribution is 2.32. The van der Waals surface area contributed by atoms with Gasteiger partial charge >= 0.3 is 5.97 Å². The predicted molar refractivity (Wildman–Crippen MR) is 52.4 cm³/mol. The summed E-state index contributed by atoms with van der Waals surface area (Å²) in [5.41, 5.74) is 1.76. The van der Waals surface area contributed by atoms with Gasteiger partial charge in [-0.1, -0.05) is 18.2 Å². The molecule has 0 radical (unpaired) electrons. The first kappa shape index (κ1) is 8.81. The van der Waals surface area contributed by atoms with E-state index in [1.54, 1.807) is 19.3 Å². The first-order valence-corrected chi connectivity index (χ1v) is 4.31. The summed E-state index contributed by atoms with van der Waals surface area (Å²) in [4.78, 5) is 10.9. The van der Waals surface area contributed by atoms with E-state index < -0.39 is 11.9 Å². The molecule has 0 aliphatic heterocycles. The normalized spacial score (nSPS) is 17.9. The lowest BCUT2D eigenvalue weighted by atomic mass is 10.0. The largest absolute Gasteiger partial charge is 0.497 e. The van der Waals surface area contributed by atoms with Crippen molar-refractivity contribution in [1.82, 2.24) is 0 Å². The van der Waals surface area contributed by atoms with Crippen molar-refractivity contribution in [2.24, 2.45) is 0 Å². The molecule has 1 aliphatic rings. The molecule has 1 N–H and O–H groups in total. The second kappa shape index (κ2) is 3.18. The topological polar surface area (TPSA) is 46.5 Å². The van der Waals surface area contributed by atoms with Crippen LogP contribution in [0.2, 0.25) is 0 Å². The Morgan fingerprint density at radius 3 is 2.93 bits per heavy atom. The molecule has 0 amide bonds. The number of rotatable bonds is 2. The van der Waals surface area contributed by atoms with Crippen molar-refractivity contribution in [1.29, 1.82) is 0 Å². The van der Waals surface area contributed by atoms with E-state index >= 15 is 0 Å². The zero-order chi connectivity index (χ0) is 10.1. The van der Waals surface area contributed by atoms with Crippen molar-refractivity contribution < 1.29 is 14.6 Å². The number of carboxylic acids is 1. The fourth-order valence-electron chi connectivity index (χ4n) is 1.62. The molecule has 2 rings (SSSR count). The summed E-state index contributed by atoms with van der Waals surface area (Å²) in [7, 11) is 1.57. The quantitative estimate of drug-likeness (QED) is 0.774. The van der Waals surface area contributed by atoms with Crippen LogP contribution in [-0.2, 0) is 4.79 Å². The summed E-state index contributed by atoms with van der Waals surface area (Å²) in [5.74, 6) is -0.660. The van der Waals surface area contributed by atoms with E-state index in [1.165, 1.54) is 0 Å². The lowest BCUT2D eigenvalue weighted by Crippen LogP contribution is -2.07. The molecular formula is C11H10O3. The Balaban J connectivity index is 2.46. The van der Waals surface area contributed by atoms with Crippen molar-refractivity contribution in [2.45, 2.75) is 5.92 Å². The maximum absolute atomic E-state index is 10.9. The number of fused-ring (bicyclic) bond motifs is 1. The summed E-state index contributed by atoms with van der Waals surface area (Å²) >= 11 is 0. The van der Waals surface area contributed by atoms with E-state index in [1.807, 2.05) is 18.2 Å². The predicted octanol–water partition coefficient (Wildman–Crippen LogP) is 1.89. The van der Waals surface area contributed by atoms with Crippen LogP contribution in [-0.4, -0.2) is 18.2 Å². The number of carbonyl (C=O) groups is 1. The molecule has 1 unspecified atom stereocenters. The number of ether oxygens (including phenoxy) is 1. The number of hydrogen-bond acceptors (Lipinski definition) is 2. The molecule has 0 saturated heterocycles. The van der Waals surface area contributed by atoms with Gasteiger partial charge in [0.05, 0.1) is 7.11 Å². The average Bonchev–Trinajstić information content (AvgIpc) is 2.59. The second-order valence-corrected chi connectivity index (χ2v) is 3.17. The standard InChI is InChI=1S/C11H10O3/c1-14-8-4-2-7-3-5-9(11(12)13)10(7)6-8/h2-6,9H,1H3,(H,12,13). The molecule has 0 spiro atoms. The minimum absolute atomic E-state index is 0.528. The van der Waals surface area contributed by atoms with Crippen LogP contribution in [0.25, 0.3) is 6.08 Å². The van der Waals surface area contributed by atoms with E-state index in [0.717, 1.165) is 11.1 Å². The van der Waals surface area contributed by atoms with Gasteiger partial charge in [-0.3, -0.25) is 4.79 Å². The van der Waals surface area contributed by atoms with Crippen LogP contribution in [0.15, 0.2) is 24.3 Å². The SMILES string of the molecule is COc1ccc2c(c1)C(C(=O)O)C=C2. The molecule has 1 aromatic rings. The molecule has 0 aromatic heterocycles. The first-order chi connectivity index (χ1) is 6.72. The molecule has 1 aromatic carbocycles. The number of hydrogen-bond donors (Lipinski definition) is 1. The highest BCUT2D eigenvalue weighted by molar-refractivity contribution is 5.85. The van der Waals surface area contributed by atoms with Crippen LogP contribution in [0.1, 0.15) is 17.0 Å². The Bertz CT molecular complexity index is 407. The summed E-state index contributed by atoms with van der Waals surface area (Å²) in [5, 5.41) is 8.93. The van der Waals surface area contributed by atoms with E-state index in [4.69, 9.17) is 9.84 Å². The molecule has 0 bridgehead atoms. The van der Waals surface area contributed by atoms with Gasteiger partial charge in [-0.25, -0.2) is 0 Å². The Morgan fingerprint density at radius 1 is 1.50 bits per heavy atom. The van der Waals surface area contributed by atoms with Crippen molar-refractivity contribution in [3.05, 3.63) is 35.4 Å². The van der Waals surface area contributed by atoms with E-state index in [0.29, 0.717) is 5.75 Å². The van der Waals surface area contributed by atoms with Crippen molar-refractivity contribution in [2.75, 3.05) is 7.11 Å². The summed E-state index contributed by atoms with van der Waals surface area (Å²) in [6.45, 7) is 0. The number of methoxy groups -OCH3 is 1. The number of benzene rings is 1. The number of carboxylic acid groups (broad SMARTS) is 1. The van der Waals surface area contributed by atoms with E-state index in [2.05, 4.69) is 0 Å². The molecular weight excluding hydrogens is 180 g/mol. The average molecular weight is 190 g/mol. The van der Waals surface area contributed by atoms with E-state index in [9.17, 15) is 4.79 Å². The van der Waals surface area contributed by atoms with E-state index in [-0.39, 0.29) is 0 Å². The van der Waals surface area contributed by atoms with Gasteiger partial charge in [0.2, 0.25) is 0 Å². The highest BCUT2D eigenvalue weighted by Gasteiger charge is 2.23. The van der Waals surface area contributed by atoms with Crippen LogP contribution >= 0.6 is 0 Å². The Labute approximate surface area is 81.6 Å². The molecule has 0 saturated carbocycles. The van der Waals surface area contributed by atoms with Gasteiger partial charge in [-0.05, 0) is 23.3 Å². The van der Waals surface area contributed by atoms with Crippen LogP contribution in [0, 0.1) is 0 Å². The van der Waals surface area contributed by atoms with Gasteiger partial charge < -0.3 is 9.84 Å². The fraction of sp³-hybridized carbons (Fsp3) is 0.182. The monoisotopic (exact) mass is 190 g/mol. The zero-order valence-electron chi connectivity index (χ0n) is 7.73. The van der Waals surface area contributed by atoms with Crippen LogP contribution in [0.4, 0.5) is 0 Å². The lowest BCUT2D eigenvalue weighted by molar-refractivity contribution is -0.137. The van der Waals surface area contributed by atoms with Crippen molar-refractivity contribution in [3.8, 4) is 5.75 Å². The lowest BCUT2D eigenvalue weighted by Gasteiger charge is -2.07. The van der Waals surface area contributed by atoms with Gasteiger partial charge in [0.25, 0.3) is 0 Å². The highest BCUT2D eigenvalue weighted by atomic mass is 16.5. The molecule has 1 atom stereocenters. The third-order valence-electron chi connectivity index (χ3n) is 2.36. The molecule has 0 fully saturated rings. The second-order valence-electron chi connectivity index (χ2n) is 3.17. The molecule has 3 heteroatoms. The maximum Gasteiger partial charge on any atom is 0.314 e. The van der Waals surface area contributed by atoms with Gasteiger partial charge in [0.15, 0.2) is 0 Å². The van der Waals surface area contributed by atoms with Crippen molar-refractivity contribution >= 4 is 12.0 Å². The summed E-state index contributed by atoms with van der Waals surface area (Å²) in [6.07, 6.45) is 3.51. The molecule has 0 heterocycles. The van der Waals surface area contributed by atoms with Crippen LogP contribution < -0.4 is 4.74 Å². The minimum atomic E-state index is -0.826. The Hall–Kier alpha value is -1.77. The van der Waals surface area contributed by atoms with Crippen LogP contribution in [0.5, 0.6) is 5.75 Å². The minimum Gasteiger partial charge on any atom is -0.497 e. The third kappa shape index (κ3) is 1.27. The maximum atomic E-state index is 10.9. The smallest absolute Gasteiger partial charge is 0.314 e. The Kier molecular flexibility index (Phi) is 2.00. The van der Waals surface area contributed by atoms with Gasteiger partial charge in [0, 0.05) is 0 Å². The molecule has 72 valence electrons. The fourth-order valence-corrected chi connectivity index (χ4v) is 1.62. The Morgan fingerprint density at radius 2 is 2.29 bits per heavy atom. The molecule has 14 heavy (non-hydrogen) atoms. The first-order valence-electron chi connectivity index (χ1n) is 4.31. The number of aliphatic carboxylic acids is 1. The summed E-state index contributed by atoms with van der Waals surface area (Å²) < 4.78 is 5.05. The van der Waals surface area contributed by atoms with Gasteiger partial charge in [-0.2, -0.15) is 0 Å². The molecule has 3 nitrogen and oxygen atoms in total. The van der Waals surface area contributed by atoms with Gasteiger partial charge in [0.1, 0.15) is 11.7 Å². The van der Waals surface area contributed by atoms with Gasteiger partial charge in [-0.15, -0.1) is 0 Å². The third-order valence-corrected chi connectivity index (χ3v) is 2.36. The zero-order valence-corrected chi connectivity index (χ0v) is 7.73.